The zero-order chi connectivity index (χ0) is 13.4. The minimum absolute atomic E-state index is 0.121. The molecule has 1 aliphatic heterocycles. The SMILES string of the molecule is COC(=O)C1CCc2nnc(-c3cnn(C)c3)n2C1. The highest BCUT2D eigenvalue weighted by Gasteiger charge is 2.28. The monoisotopic (exact) mass is 261 g/mol. The molecule has 1 atom stereocenters. The van der Waals surface area contributed by atoms with Crippen LogP contribution in [0.5, 0.6) is 0 Å². The maximum absolute atomic E-state index is 11.7. The van der Waals surface area contributed by atoms with Crippen LogP contribution in [0.3, 0.4) is 0 Å². The van der Waals surface area contributed by atoms with Gasteiger partial charge in [0.2, 0.25) is 0 Å². The molecule has 1 aliphatic rings. The van der Waals surface area contributed by atoms with Crippen molar-refractivity contribution in [2.45, 2.75) is 19.4 Å². The molecule has 0 N–H and O–H groups in total. The van der Waals surface area contributed by atoms with Crippen molar-refractivity contribution in [3.05, 3.63) is 18.2 Å². The van der Waals surface area contributed by atoms with Crippen molar-refractivity contribution in [3.63, 3.8) is 0 Å². The summed E-state index contributed by atoms with van der Waals surface area (Å²) in [5.74, 6) is 1.39. The summed E-state index contributed by atoms with van der Waals surface area (Å²) in [6.07, 6.45) is 5.14. The van der Waals surface area contributed by atoms with Gasteiger partial charge in [-0.25, -0.2) is 0 Å². The zero-order valence-corrected chi connectivity index (χ0v) is 10.9. The highest BCUT2D eigenvalue weighted by Crippen LogP contribution is 2.25. The summed E-state index contributed by atoms with van der Waals surface area (Å²) in [5, 5.41) is 12.5. The summed E-state index contributed by atoms with van der Waals surface area (Å²) in [6, 6.07) is 0. The maximum atomic E-state index is 11.7. The number of carbonyl (C=O) groups excluding carboxylic acids is 1. The molecule has 19 heavy (non-hydrogen) atoms. The normalized spacial score (nSPS) is 18.1. The first-order chi connectivity index (χ1) is 9.19. The van der Waals surface area contributed by atoms with E-state index in [-0.39, 0.29) is 11.9 Å². The second-order valence-corrected chi connectivity index (χ2v) is 4.71. The van der Waals surface area contributed by atoms with Crippen molar-refractivity contribution in [1.82, 2.24) is 24.5 Å². The lowest BCUT2D eigenvalue weighted by atomic mass is 9.99. The fourth-order valence-corrected chi connectivity index (χ4v) is 2.44. The number of aromatic nitrogens is 5. The van der Waals surface area contributed by atoms with Crippen molar-refractivity contribution in [1.29, 1.82) is 0 Å². The van der Waals surface area contributed by atoms with Gasteiger partial charge in [0, 0.05) is 26.2 Å². The van der Waals surface area contributed by atoms with Gasteiger partial charge in [0.15, 0.2) is 5.82 Å². The molecule has 3 rings (SSSR count). The van der Waals surface area contributed by atoms with Crippen LogP contribution in [-0.2, 0) is 29.5 Å². The Morgan fingerprint density at radius 1 is 1.47 bits per heavy atom. The molecule has 7 heteroatoms. The van der Waals surface area contributed by atoms with Gasteiger partial charge in [-0.05, 0) is 6.42 Å². The molecule has 0 bridgehead atoms. The lowest BCUT2D eigenvalue weighted by molar-refractivity contribution is -0.146. The molecule has 100 valence electrons. The van der Waals surface area contributed by atoms with E-state index in [2.05, 4.69) is 15.3 Å². The van der Waals surface area contributed by atoms with Crippen molar-refractivity contribution in [3.8, 4) is 11.4 Å². The van der Waals surface area contributed by atoms with E-state index in [4.69, 9.17) is 4.74 Å². The summed E-state index contributed by atoms with van der Waals surface area (Å²) in [5.41, 5.74) is 0.909. The third-order valence-electron chi connectivity index (χ3n) is 3.44. The molecule has 3 heterocycles. The number of fused-ring (bicyclic) bond motifs is 1. The van der Waals surface area contributed by atoms with Crippen LogP contribution in [0.4, 0.5) is 0 Å². The van der Waals surface area contributed by atoms with Crippen LogP contribution < -0.4 is 0 Å². The molecule has 0 aromatic carbocycles. The fraction of sp³-hybridized carbons (Fsp3) is 0.500. The lowest BCUT2D eigenvalue weighted by Gasteiger charge is -2.21. The van der Waals surface area contributed by atoms with Gasteiger partial charge in [0.25, 0.3) is 0 Å². The molecule has 1 unspecified atom stereocenters. The third-order valence-corrected chi connectivity index (χ3v) is 3.44. The van der Waals surface area contributed by atoms with Crippen LogP contribution in [-0.4, -0.2) is 37.6 Å². The van der Waals surface area contributed by atoms with Crippen LogP contribution in [0.1, 0.15) is 12.2 Å². The Hall–Kier alpha value is -2.18. The third kappa shape index (κ3) is 2.00. The number of aryl methyl sites for hydroxylation is 2. The smallest absolute Gasteiger partial charge is 0.310 e. The molecule has 0 aliphatic carbocycles. The molecule has 2 aromatic heterocycles. The van der Waals surface area contributed by atoms with Gasteiger partial charge in [-0.15, -0.1) is 10.2 Å². The predicted molar refractivity (Wildman–Crippen MR) is 66.1 cm³/mol. The number of ether oxygens (including phenoxy) is 1. The Balaban J connectivity index is 1.94. The number of hydrogen-bond donors (Lipinski definition) is 0. The summed E-state index contributed by atoms with van der Waals surface area (Å²) < 4.78 is 8.53. The van der Waals surface area contributed by atoms with E-state index < -0.39 is 0 Å². The van der Waals surface area contributed by atoms with E-state index in [1.807, 2.05) is 17.8 Å². The average molecular weight is 261 g/mol. The molecule has 0 saturated heterocycles. The molecule has 0 amide bonds. The number of carbonyl (C=O) groups is 1. The number of rotatable bonds is 2. The minimum atomic E-state index is -0.170. The quantitative estimate of drug-likeness (QED) is 0.732. The number of esters is 1. The highest BCUT2D eigenvalue weighted by atomic mass is 16.5. The first-order valence-corrected chi connectivity index (χ1v) is 6.18. The maximum Gasteiger partial charge on any atom is 0.310 e. The van der Waals surface area contributed by atoms with E-state index in [9.17, 15) is 4.79 Å². The highest BCUT2D eigenvalue weighted by molar-refractivity contribution is 5.72. The van der Waals surface area contributed by atoms with Gasteiger partial charge in [0.1, 0.15) is 5.82 Å². The van der Waals surface area contributed by atoms with Crippen LogP contribution in [0.2, 0.25) is 0 Å². The average Bonchev–Trinajstić information content (AvgIpc) is 3.02. The van der Waals surface area contributed by atoms with Gasteiger partial charge < -0.3 is 9.30 Å². The second kappa shape index (κ2) is 4.49. The molecule has 0 spiro atoms. The van der Waals surface area contributed by atoms with Crippen LogP contribution in [0, 0.1) is 5.92 Å². The van der Waals surface area contributed by atoms with E-state index in [1.54, 1.807) is 10.9 Å². The van der Waals surface area contributed by atoms with Crippen LogP contribution >= 0.6 is 0 Å². The van der Waals surface area contributed by atoms with Crippen LogP contribution in [0.15, 0.2) is 12.4 Å². The number of methoxy groups -OCH3 is 1. The van der Waals surface area contributed by atoms with E-state index in [0.29, 0.717) is 6.54 Å². The summed E-state index contributed by atoms with van der Waals surface area (Å²) in [4.78, 5) is 11.7. The van der Waals surface area contributed by atoms with Gasteiger partial charge in [-0.3, -0.25) is 9.48 Å². The molecule has 2 aromatic rings. The Bertz CT molecular complexity index is 615. The first kappa shape index (κ1) is 11.9. The largest absolute Gasteiger partial charge is 0.469 e. The topological polar surface area (TPSA) is 74.8 Å². The molecule has 0 fully saturated rings. The summed E-state index contributed by atoms with van der Waals surface area (Å²) >= 11 is 0. The summed E-state index contributed by atoms with van der Waals surface area (Å²) in [6.45, 7) is 0.569. The number of nitrogens with zero attached hydrogens (tertiary/aromatic N) is 5. The predicted octanol–water partition coefficient (Wildman–Crippen LogP) is 0.414. The van der Waals surface area contributed by atoms with Gasteiger partial charge in [0.05, 0.1) is 24.8 Å². The molecule has 0 radical (unpaired) electrons. The Labute approximate surface area is 110 Å². The Morgan fingerprint density at radius 2 is 2.32 bits per heavy atom. The van der Waals surface area contributed by atoms with E-state index in [1.165, 1.54) is 7.11 Å². The van der Waals surface area contributed by atoms with E-state index in [0.717, 1.165) is 30.1 Å². The Kier molecular flexibility index (Phi) is 2.81. The standard InChI is InChI=1S/C12H15N5O2/c1-16-6-9(5-13-16)11-15-14-10-4-3-8(7-17(10)11)12(18)19-2/h5-6,8H,3-4,7H2,1-2H3. The van der Waals surface area contributed by atoms with Gasteiger partial charge in [-0.2, -0.15) is 5.10 Å². The summed E-state index contributed by atoms with van der Waals surface area (Å²) in [7, 11) is 3.28. The second-order valence-electron chi connectivity index (χ2n) is 4.71. The minimum Gasteiger partial charge on any atom is -0.469 e. The molecule has 0 saturated carbocycles. The molecular formula is C12H15N5O2. The van der Waals surface area contributed by atoms with Crippen LogP contribution in [0.25, 0.3) is 11.4 Å². The van der Waals surface area contributed by atoms with Crippen molar-refractivity contribution < 1.29 is 9.53 Å². The zero-order valence-electron chi connectivity index (χ0n) is 10.9. The Morgan fingerprint density at radius 3 is 3.00 bits per heavy atom. The van der Waals surface area contributed by atoms with Crippen molar-refractivity contribution in [2.75, 3.05) is 7.11 Å². The van der Waals surface area contributed by atoms with Crippen molar-refractivity contribution >= 4 is 5.97 Å². The molecule has 7 nitrogen and oxygen atoms in total. The molecular weight excluding hydrogens is 246 g/mol. The first-order valence-electron chi connectivity index (χ1n) is 6.18. The van der Waals surface area contributed by atoms with E-state index >= 15 is 0 Å². The van der Waals surface area contributed by atoms with Gasteiger partial charge >= 0.3 is 5.97 Å². The lowest BCUT2D eigenvalue weighted by Crippen LogP contribution is -2.28. The fourth-order valence-electron chi connectivity index (χ4n) is 2.44. The number of hydrogen-bond acceptors (Lipinski definition) is 5. The van der Waals surface area contributed by atoms with Gasteiger partial charge in [-0.1, -0.05) is 0 Å². The van der Waals surface area contributed by atoms with Crippen molar-refractivity contribution in [2.24, 2.45) is 13.0 Å².